The molecule has 2 aliphatic carbocycles. The molecule has 0 unspecified atom stereocenters. The van der Waals surface area contributed by atoms with Gasteiger partial charge in [0.15, 0.2) is 12.2 Å². The summed E-state index contributed by atoms with van der Waals surface area (Å²) in [6.07, 6.45) is 1.40. The molecule has 2 bridgehead atoms. The third-order valence-corrected chi connectivity index (χ3v) is 9.75. The van der Waals surface area contributed by atoms with Crippen molar-refractivity contribution in [3.05, 3.63) is 76.6 Å². The highest BCUT2D eigenvalue weighted by Gasteiger charge is 2.71. The van der Waals surface area contributed by atoms with E-state index in [1.807, 2.05) is 49.5 Å². The Kier molecular flexibility index (Phi) is 8.00. The van der Waals surface area contributed by atoms with Gasteiger partial charge in [-0.3, -0.25) is 9.59 Å². The summed E-state index contributed by atoms with van der Waals surface area (Å²) in [5.74, 6) is -1.03. The molecule has 0 radical (unpaired) electrons. The van der Waals surface area contributed by atoms with E-state index in [1.165, 1.54) is 6.92 Å². The molecule has 0 aromatic heterocycles. The molecule has 0 saturated carbocycles. The predicted octanol–water partition coefficient (Wildman–Crippen LogP) is 1.01. The van der Waals surface area contributed by atoms with Gasteiger partial charge >= 0.3 is 11.9 Å². The lowest BCUT2D eigenvalue weighted by molar-refractivity contribution is -0.175. The van der Waals surface area contributed by atoms with Crippen LogP contribution in [0.25, 0.3) is 0 Å². The van der Waals surface area contributed by atoms with E-state index in [2.05, 4.69) is 10.2 Å². The zero-order chi connectivity index (χ0) is 31.2. The first-order valence-corrected chi connectivity index (χ1v) is 15.1. The van der Waals surface area contributed by atoms with Crippen LogP contribution >= 0.6 is 0 Å². The lowest BCUT2D eigenvalue weighted by Crippen LogP contribution is -2.74. The van der Waals surface area contributed by atoms with Gasteiger partial charge in [-0.05, 0) is 57.0 Å². The fraction of sp³-hybridized carbons (Fsp3) is 0.485. The number of carbonyl (C=O) groups is 3. The van der Waals surface area contributed by atoms with Crippen LogP contribution < -0.4 is 15.8 Å². The number of hydrogen-bond acceptors (Lipinski definition) is 10. The molecule has 44 heavy (non-hydrogen) atoms. The van der Waals surface area contributed by atoms with Crippen LogP contribution in [0.1, 0.15) is 48.4 Å². The number of esters is 2. The van der Waals surface area contributed by atoms with Gasteiger partial charge in [0, 0.05) is 30.1 Å². The Hall–Kier alpha value is -3.77. The molecule has 1 spiro atoms. The van der Waals surface area contributed by atoms with Crippen LogP contribution in [-0.4, -0.2) is 83.0 Å². The number of carbonyl (C=O) groups excluding carboxylic acids is 3. The number of nitrogens with one attached hydrogen (secondary N) is 1. The van der Waals surface area contributed by atoms with Gasteiger partial charge in [-0.25, -0.2) is 4.79 Å². The summed E-state index contributed by atoms with van der Waals surface area (Å²) in [6.45, 7) is 1.93. The minimum atomic E-state index is -1.22. The van der Waals surface area contributed by atoms with Crippen LogP contribution in [0.3, 0.4) is 0 Å². The maximum Gasteiger partial charge on any atom is 0.352 e. The van der Waals surface area contributed by atoms with Gasteiger partial charge in [0.2, 0.25) is 5.91 Å². The van der Waals surface area contributed by atoms with Crippen molar-refractivity contribution in [2.45, 2.75) is 80.9 Å². The summed E-state index contributed by atoms with van der Waals surface area (Å²) in [4.78, 5) is 40.2. The number of likely N-dealkylation sites (tertiary alicyclic amines) is 1. The minimum Gasteiger partial charge on any atom is -0.481 e. The second-order valence-corrected chi connectivity index (χ2v) is 12.3. The topological polar surface area (TPSA) is 161 Å². The van der Waals surface area contributed by atoms with E-state index in [0.29, 0.717) is 30.6 Å². The lowest BCUT2D eigenvalue weighted by atomic mass is 9.50. The summed E-state index contributed by atoms with van der Waals surface area (Å²) < 4.78 is 17.6. The molecule has 2 aliphatic heterocycles. The number of amides is 1. The van der Waals surface area contributed by atoms with Gasteiger partial charge in [-0.1, -0.05) is 42.5 Å². The first-order chi connectivity index (χ1) is 21.1. The van der Waals surface area contributed by atoms with Crippen molar-refractivity contribution in [2.75, 3.05) is 20.1 Å². The molecule has 1 saturated heterocycles. The van der Waals surface area contributed by atoms with Crippen molar-refractivity contribution in [1.29, 1.82) is 0 Å². The number of aliphatic hydroxyl groups excluding tert-OH is 1. The molecule has 6 rings (SSSR count). The predicted molar refractivity (Wildman–Crippen MR) is 158 cm³/mol. The fourth-order valence-corrected chi connectivity index (χ4v) is 7.51. The van der Waals surface area contributed by atoms with E-state index in [1.54, 1.807) is 6.08 Å². The number of piperidine rings is 1. The molecule has 11 nitrogen and oxygen atoms in total. The van der Waals surface area contributed by atoms with Crippen molar-refractivity contribution in [3.8, 4) is 5.75 Å². The maximum atomic E-state index is 13.1. The van der Waals surface area contributed by atoms with Crippen LogP contribution in [0.15, 0.2) is 54.3 Å². The molecule has 1 fully saturated rings. The minimum absolute atomic E-state index is 0.00743. The lowest BCUT2D eigenvalue weighted by Gasteiger charge is -2.61. The highest BCUT2D eigenvalue weighted by atomic mass is 16.6. The fourth-order valence-electron chi connectivity index (χ4n) is 7.51. The number of nitrogens with zero attached hydrogens (tertiary/aromatic N) is 1. The molecule has 4 aliphatic rings. The van der Waals surface area contributed by atoms with Gasteiger partial charge < -0.3 is 40.4 Å². The Morgan fingerprint density at radius 3 is 2.73 bits per heavy atom. The highest BCUT2D eigenvalue weighted by molar-refractivity contribution is 5.83. The number of likely N-dealkylation sites (N-methyl/N-ethyl adjacent to an activating group) is 1. The normalized spacial score (nSPS) is 27.7. The Balaban J connectivity index is 1.09. The van der Waals surface area contributed by atoms with Crippen molar-refractivity contribution >= 4 is 17.8 Å². The number of aliphatic hydroxyl groups is 2. The third kappa shape index (κ3) is 4.88. The number of nitrogens with two attached hydrogens (primary N) is 1. The van der Waals surface area contributed by atoms with Crippen molar-refractivity contribution < 1.29 is 38.8 Å². The first-order valence-electron chi connectivity index (χ1n) is 15.1. The second-order valence-electron chi connectivity index (χ2n) is 12.3. The smallest absolute Gasteiger partial charge is 0.352 e. The summed E-state index contributed by atoms with van der Waals surface area (Å²) in [7, 11) is 2.01. The van der Waals surface area contributed by atoms with Crippen LogP contribution in [-0.2, 0) is 48.7 Å². The van der Waals surface area contributed by atoms with Gasteiger partial charge in [-0.2, -0.15) is 0 Å². The first kappa shape index (κ1) is 30.3. The Morgan fingerprint density at radius 1 is 1.20 bits per heavy atom. The van der Waals surface area contributed by atoms with Crippen LogP contribution in [0.5, 0.6) is 5.75 Å². The molecule has 234 valence electrons. The zero-order valence-corrected chi connectivity index (χ0v) is 25.0. The van der Waals surface area contributed by atoms with E-state index < -0.39 is 41.2 Å². The largest absolute Gasteiger partial charge is 0.481 e. The SMILES string of the molecule is C[C@H](OC(=O)CCNC(=O)[C@@H](N)Cc1ccccc1)C(=O)OC1=CC[C@@]2(O)[C@H]3Cc4ccc(CO)c5c4[C@@]2(CCN3C)[C@H]1O5. The molecular weight excluding hydrogens is 566 g/mol. The van der Waals surface area contributed by atoms with E-state index >= 15 is 0 Å². The maximum absolute atomic E-state index is 13.1. The molecular formula is C33H39N3O8. The second kappa shape index (κ2) is 11.6. The summed E-state index contributed by atoms with van der Waals surface area (Å²) in [5, 5.41) is 25.0. The van der Waals surface area contributed by atoms with Gasteiger partial charge in [0.1, 0.15) is 11.5 Å². The van der Waals surface area contributed by atoms with E-state index in [4.69, 9.17) is 19.9 Å². The Labute approximate surface area is 256 Å². The average Bonchev–Trinajstić information content (AvgIpc) is 3.36. The number of hydrogen-bond donors (Lipinski definition) is 4. The number of benzene rings is 2. The quantitative estimate of drug-likeness (QED) is 0.288. The Bertz CT molecular complexity index is 1500. The number of ether oxygens (including phenoxy) is 3. The van der Waals surface area contributed by atoms with E-state index in [-0.39, 0.29) is 43.7 Å². The summed E-state index contributed by atoms with van der Waals surface area (Å²) >= 11 is 0. The van der Waals surface area contributed by atoms with Crippen molar-refractivity contribution in [3.63, 3.8) is 0 Å². The summed E-state index contributed by atoms with van der Waals surface area (Å²) in [5.41, 5.74) is 7.49. The molecule has 5 N–H and O–H groups in total. The average molecular weight is 606 g/mol. The monoisotopic (exact) mass is 605 g/mol. The third-order valence-electron chi connectivity index (χ3n) is 9.75. The summed E-state index contributed by atoms with van der Waals surface area (Å²) in [6, 6.07) is 12.3. The van der Waals surface area contributed by atoms with Crippen molar-refractivity contribution in [2.24, 2.45) is 5.73 Å². The van der Waals surface area contributed by atoms with Gasteiger partial charge in [0.05, 0.1) is 30.1 Å². The Morgan fingerprint density at radius 2 is 1.98 bits per heavy atom. The standard InChI is InChI=1S/C33H39N3O8/c1-19(42-26(38)11-14-35-30(39)23(34)16-20-6-4-3-5-7-20)31(40)43-24-10-12-33(41)25-17-21-8-9-22(18-37)28-27(21)32(33,29(24)44-28)13-15-36(25)2/h3-10,19,23,25,29,37,41H,11-18,34H2,1-2H3,(H,35,39)/t19-,23-,25+,29-,32-,33+/m0/s1. The van der Waals surface area contributed by atoms with E-state index in [0.717, 1.165) is 23.2 Å². The van der Waals surface area contributed by atoms with E-state index in [9.17, 15) is 24.6 Å². The van der Waals surface area contributed by atoms with Crippen LogP contribution in [0, 0.1) is 0 Å². The van der Waals surface area contributed by atoms with Gasteiger partial charge in [0.25, 0.3) is 0 Å². The molecule has 6 atom stereocenters. The van der Waals surface area contributed by atoms with Crippen LogP contribution in [0.2, 0.25) is 0 Å². The van der Waals surface area contributed by atoms with Crippen LogP contribution in [0.4, 0.5) is 0 Å². The molecule has 2 aromatic rings. The molecule has 2 aromatic carbocycles. The van der Waals surface area contributed by atoms with Crippen molar-refractivity contribution in [1.82, 2.24) is 10.2 Å². The molecule has 11 heteroatoms. The number of rotatable bonds is 10. The zero-order valence-electron chi connectivity index (χ0n) is 25.0. The van der Waals surface area contributed by atoms with Gasteiger partial charge in [-0.15, -0.1) is 0 Å². The highest BCUT2D eigenvalue weighted by Crippen LogP contribution is 2.64. The molecule has 2 heterocycles. The molecule has 1 amide bonds.